The maximum atomic E-state index is 13.4. The molecule has 31 heavy (non-hydrogen) atoms. The van der Waals surface area contributed by atoms with E-state index < -0.39 is 0 Å². The third kappa shape index (κ3) is 4.62. The van der Waals surface area contributed by atoms with Gasteiger partial charge < -0.3 is 5.32 Å². The summed E-state index contributed by atoms with van der Waals surface area (Å²) in [5, 5.41) is 5.94. The van der Waals surface area contributed by atoms with Gasteiger partial charge in [-0.15, -0.1) is 17.9 Å². The number of aryl methyl sites for hydroxylation is 1. The van der Waals surface area contributed by atoms with Crippen LogP contribution >= 0.6 is 23.1 Å². The van der Waals surface area contributed by atoms with Crippen molar-refractivity contribution in [3.8, 4) is 11.1 Å². The van der Waals surface area contributed by atoms with Crippen LogP contribution in [0.3, 0.4) is 0 Å². The molecule has 2 aromatic carbocycles. The van der Waals surface area contributed by atoms with E-state index in [1.807, 2.05) is 66.9 Å². The molecule has 0 spiro atoms. The average molecular weight is 448 g/mol. The highest BCUT2D eigenvalue weighted by molar-refractivity contribution is 7.99. The Morgan fingerprint density at radius 1 is 1.19 bits per heavy atom. The fourth-order valence-electron chi connectivity index (χ4n) is 3.20. The molecular weight excluding hydrogens is 426 g/mol. The molecule has 0 unspecified atom stereocenters. The summed E-state index contributed by atoms with van der Waals surface area (Å²) < 4.78 is 1.58. The molecule has 0 aliphatic heterocycles. The molecule has 5 nitrogen and oxygen atoms in total. The van der Waals surface area contributed by atoms with Crippen molar-refractivity contribution in [1.82, 2.24) is 9.55 Å². The van der Waals surface area contributed by atoms with Gasteiger partial charge in [0.2, 0.25) is 5.91 Å². The highest BCUT2D eigenvalue weighted by Crippen LogP contribution is 2.32. The lowest BCUT2D eigenvalue weighted by Gasteiger charge is -2.11. The number of thioether (sulfide) groups is 1. The topological polar surface area (TPSA) is 64.0 Å². The standard InChI is InChI=1S/C24H21N3O2S2/c1-3-13-27-23(29)21-19(17-11-9-16(2)10-12-17)14-30-22(21)26-24(27)31-15-20(28)25-18-7-5-4-6-8-18/h3-12,14H,1,13,15H2,2H3,(H,25,28). The third-order valence-electron chi connectivity index (χ3n) is 4.72. The molecule has 7 heteroatoms. The zero-order valence-corrected chi connectivity index (χ0v) is 18.6. The van der Waals surface area contributed by atoms with Crippen molar-refractivity contribution < 1.29 is 4.79 Å². The molecule has 1 N–H and O–H groups in total. The van der Waals surface area contributed by atoms with Gasteiger partial charge in [0.25, 0.3) is 5.56 Å². The van der Waals surface area contributed by atoms with E-state index in [9.17, 15) is 9.59 Å². The molecule has 0 atom stereocenters. The lowest BCUT2D eigenvalue weighted by atomic mass is 10.1. The molecule has 2 heterocycles. The number of carbonyl (C=O) groups is 1. The van der Waals surface area contributed by atoms with Gasteiger partial charge in [-0.1, -0.05) is 65.9 Å². The lowest BCUT2D eigenvalue weighted by molar-refractivity contribution is -0.113. The van der Waals surface area contributed by atoms with Crippen molar-refractivity contribution in [2.45, 2.75) is 18.6 Å². The van der Waals surface area contributed by atoms with Crippen LogP contribution in [0.5, 0.6) is 0 Å². The van der Waals surface area contributed by atoms with Gasteiger partial charge in [0.1, 0.15) is 4.83 Å². The average Bonchev–Trinajstić information content (AvgIpc) is 3.20. The van der Waals surface area contributed by atoms with Gasteiger partial charge in [0, 0.05) is 23.2 Å². The molecular formula is C24H21N3O2S2. The van der Waals surface area contributed by atoms with E-state index in [2.05, 4.69) is 11.9 Å². The minimum Gasteiger partial charge on any atom is -0.325 e. The normalized spacial score (nSPS) is 10.9. The van der Waals surface area contributed by atoms with Gasteiger partial charge in [-0.25, -0.2) is 4.98 Å². The van der Waals surface area contributed by atoms with E-state index in [1.54, 1.807) is 10.6 Å². The number of fused-ring (bicyclic) bond motifs is 1. The van der Waals surface area contributed by atoms with Crippen LogP contribution in [-0.4, -0.2) is 21.2 Å². The summed E-state index contributed by atoms with van der Waals surface area (Å²) in [6.07, 6.45) is 1.67. The first-order valence-corrected chi connectivity index (χ1v) is 11.6. The minimum atomic E-state index is -0.151. The van der Waals surface area contributed by atoms with Crippen molar-refractivity contribution in [3.63, 3.8) is 0 Å². The molecule has 4 aromatic rings. The Hall–Kier alpha value is -3.16. The maximum absolute atomic E-state index is 13.4. The van der Waals surface area contributed by atoms with E-state index in [1.165, 1.54) is 23.1 Å². The second-order valence-corrected chi connectivity index (χ2v) is 8.80. The number of amides is 1. The Morgan fingerprint density at radius 3 is 2.65 bits per heavy atom. The van der Waals surface area contributed by atoms with Crippen molar-refractivity contribution in [1.29, 1.82) is 0 Å². The molecule has 0 bridgehead atoms. The van der Waals surface area contributed by atoms with E-state index in [-0.39, 0.29) is 17.2 Å². The predicted octanol–water partition coefficient (Wildman–Crippen LogP) is 5.35. The molecule has 156 valence electrons. The Morgan fingerprint density at radius 2 is 1.94 bits per heavy atom. The number of hydrogen-bond acceptors (Lipinski definition) is 5. The summed E-state index contributed by atoms with van der Waals surface area (Å²) in [6.45, 7) is 6.13. The monoisotopic (exact) mass is 447 g/mol. The fraction of sp³-hybridized carbons (Fsp3) is 0.125. The summed E-state index contributed by atoms with van der Waals surface area (Å²) in [4.78, 5) is 31.1. The predicted molar refractivity (Wildman–Crippen MR) is 130 cm³/mol. The number of anilines is 1. The van der Waals surface area contributed by atoms with Crippen molar-refractivity contribution in [2.24, 2.45) is 0 Å². The Kier molecular flexibility index (Phi) is 6.34. The molecule has 0 saturated carbocycles. The van der Waals surface area contributed by atoms with Crippen LogP contribution in [0.4, 0.5) is 5.69 Å². The fourth-order valence-corrected chi connectivity index (χ4v) is 5.00. The van der Waals surface area contributed by atoms with Gasteiger partial charge in [0.15, 0.2) is 5.16 Å². The number of rotatable bonds is 7. The van der Waals surface area contributed by atoms with Crippen molar-refractivity contribution >= 4 is 44.9 Å². The number of aromatic nitrogens is 2. The quantitative estimate of drug-likeness (QED) is 0.236. The lowest BCUT2D eigenvalue weighted by Crippen LogP contribution is -2.23. The first-order valence-electron chi connectivity index (χ1n) is 9.74. The van der Waals surface area contributed by atoms with Crippen LogP contribution in [0.1, 0.15) is 5.56 Å². The number of carbonyl (C=O) groups excluding carboxylic acids is 1. The number of nitrogens with one attached hydrogen (secondary N) is 1. The zero-order chi connectivity index (χ0) is 21.8. The number of nitrogens with zero attached hydrogens (tertiary/aromatic N) is 2. The summed E-state index contributed by atoms with van der Waals surface area (Å²) >= 11 is 2.69. The molecule has 4 rings (SSSR count). The van der Waals surface area contributed by atoms with E-state index in [0.29, 0.717) is 21.9 Å². The number of hydrogen-bond donors (Lipinski definition) is 1. The van der Waals surface area contributed by atoms with Gasteiger partial charge >= 0.3 is 0 Å². The van der Waals surface area contributed by atoms with Crippen molar-refractivity contribution in [2.75, 3.05) is 11.1 Å². The van der Waals surface area contributed by atoms with Gasteiger partial charge in [-0.3, -0.25) is 14.2 Å². The van der Waals surface area contributed by atoms with Gasteiger partial charge in [-0.2, -0.15) is 0 Å². The maximum Gasteiger partial charge on any atom is 0.263 e. The zero-order valence-electron chi connectivity index (χ0n) is 17.0. The van der Waals surface area contributed by atoms with Crippen LogP contribution < -0.4 is 10.9 Å². The SMILES string of the molecule is C=CCn1c(SCC(=O)Nc2ccccc2)nc2scc(-c3ccc(C)cc3)c2c1=O. The summed E-state index contributed by atoms with van der Waals surface area (Å²) in [5.74, 6) is 0.00224. The summed E-state index contributed by atoms with van der Waals surface area (Å²) in [6, 6.07) is 17.4. The molecule has 0 aliphatic carbocycles. The second-order valence-electron chi connectivity index (χ2n) is 7.00. The first kappa shape index (κ1) is 21.1. The highest BCUT2D eigenvalue weighted by Gasteiger charge is 2.17. The van der Waals surface area contributed by atoms with Crippen LogP contribution in [0.2, 0.25) is 0 Å². The van der Waals surface area contributed by atoms with E-state index in [0.717, 1.165) is 22.4 Å². The second kappa shape index (κ2) is 9.32. The summed E-state index contributed by atoms with van der Waals surface area (Å²) in [7, 11) is 0. The van der Waals surface area contributed by atoms with Crippen LogP contribution in [0, 0.1) is 6.92 Å². The van der Waals surface area contributed by atoms with Crippen molar-refractivity contribution in [3.05, 3.63) is 88.5 Å². The number of allylic oxidation sites excluding steroid dienone is 1. The van der Waals surface area contributed by atoms with Crippen LogP contribution in [-0.2, 0) is 11.3 Å². The molecule has 0 saturated heterocycles. The third-order valence-corrected chi connectivity index (χ3v) is 6.57. The Balaban J connectivity index is 1.65. The van der Waals surface area contributed by atoms with Gasteiger partial charge in [0.05, 0.1) is 11.1 Å². The molecule has 0 fully saturated rings. The smallest absolute Gasteiger partial charge is 0.263 e. The summed E-state index contributed by atoms with van der Waals surface area (Å²) in [5.41, 5.74) is 3.66. The number of thiophene rings is 1. The minimum absolute atomic E-state index is 0.118. The van der Waals surface area contributed by atoms with Crippen LogP contribution in [0.25, 0.3) is 21.3 Å². The first-order chi connectivity index (χ1) is 15.1. The Labute approximate surface area is 188 Å². The number of benzene rings is 2. The highest BCUT2D eigenvalue weighted by atomic mass is 32.2. The van der Waals surface area contributed by atoms with E-state index >= 15 is 0 Å². The Bertz CT molecular complexity index is 1290. The van der Waals surface area contributed by atoms with Crippen LogP contribution in [0.15, 0.2) is 82.6 Å². The number of para-hydroxylation sites is 1. The van der Waals surface area contributed by atoms with Gasteiger partial charge in [-0.05, 0) is 24.6 Å². The molecule has 2 aromatic heterocycles. The largest absolute Gasteiger partial charge is 0.325 e. The molecule has 1 amide bonds. The van der Waals surface area contributed by atoms with E-state index in [4.69, 9.17) is 4.98 Å². The molecule has 0 aliphatic rings. The molecule has 0 radical (unpaired) electrons.